The monoisotopic (exact) mass is 523 g/mol. The van der Waals surface area contributed by atoms with Crippen molar-refractivity contribution in [3.05, 3.63) is 0 Å². The number of halogens is 1. The number of unbranched alkanes of at least 4 members (excludes halogenated alkanes) is 21. The van der Waals surface area contributed by atoms with Crippen molar-refractivity contribution in [3.8, 4) is 0 Å². The smallest absolute Gasteiger partial charge is 0.267 e. The highest BCUT2D eigenvalue weighted by atomic mass is 32.2. The molecule has 0 atom stereocenters. The van der Waals surface area contributed by atoms with Crippen molar-refractivity contribution in [2.24, 2.45) is 0 Å². The molecular formula is C29H62FNO3S. The Labute approximate surface area is 220 Å². The van der Waals surface area contributed by atoms with Gasteiger partial charge in [-0.2, -0.15) is 8.42 Å². The minimum atomic E-state index is -3.34. The molecule has 0 amide bonds. The van der Waals surface area contributed by atoms with E-state index in [9.17, 15) is 12.8 Å². The molecule has 0 radical (unpaired) electrons. The molecule has 0 aliphatic carbocycles. The Morgan fingerprint density at radius 1 is 0.543 bits per heavy atom. The van der Waals surface area contributed by atoms with E-state index in [-0.39, 0.29) is 12.4 Å². The summed E-state index contributed by atoms with van der Waals surface area (Å²) in [5, 5.41) is 2.75. The van der Waals surface area contributed by atoms with Crippen LogP contribution >= 0.6 is 0 Å². The zero-order chi connectivity index (χ0) is 26.3. The normalized spacial score (nSPS) is 11.4. The summed E-state index contributed by atoms with van der Waals surface area (Å²) < 4.78 is 41.0. The average molecular weight is 524 g/mol. The highest BCUT2D eigenvalue weighted by Gasteiger charge is 2.10. The van der Waals surface area contributed by atoms with Crippen LogP contribution < -0.4 is 5.32 Å². The summed E-state index contributed by atoms with van der Waals surface area (Å²) in [6, 6.07) is 0. The molecule has 0 saturated carbocycles. The fourth-order valence-corrected chi connectivity index (χ4v) is 5.20. The Kier molecular flexibility index (Phi) is 33.6. The number of alkyl halides is 1. The van der Waals surface area contributed by atoms with Gasteiger partial charge in [-0.25, -0.2) is 0 Å². The molecule has 214 valence electrons. The predicted octanol–water partition coefficient (Wildman–Crippen LogP) is 9.13. The maximum absolute atomic E-state index is 12.0. The van der Waals surface area contributed by atoms with Gasteiger partial charge in [-0.3, -0.25) is 8.57 Å². The van der Waals surface area contributed by atoms with Crippen LogP contribution in [0.1, 0.15) is 155 Å². The molecule has 0 fully saturated rings. The van der Waals surface area contributed by atoms with Crippen molar-refractivity contribution >= 4 is 10.1 Å². The molecule has 1 N–H and O–H groups in total. The SMILES string of the molecule is CCCCCCCCCCCCCCCCOS(=O)(=O)CCCCCCCCCCCF.CNC. The number of rotatable bonds is 27. The lowest BCUT2D eigenvalue weighted by atomic mass is 10.0. The summed E-state index contributed by atoms with van der Waals surface area (Å²) in [4.78, 5) is 0. The van der Waals surface area contributed by atoms with Crippen molar-refractivity contribution in [2.45, 2.75) is 155 Å². The van der Waals surface area contributed by atoms with Gasteiger partial charge in [-0.1, -0.05) is 135 Å². The summed E-state index contributed by atoms with van der Waals surface area (Å²) in [6.07, 6.45) is 27.2. The minimum Gasteiger partial charge on any atom is -0.323 e. The standard InChI is InChI=1S/C27H55FO3S.C2H7N/c1-2-3-4-5-6-7-8-9-10-11-14-17-20-23-26-31-32(29,30)27-24-21-18-15-12-13-16-19-22-25-28;1-3-2/h2-27H2,1H3;3H,1-2H3. The van der Waals surface area contributed by atoms with Gasteiger partial charge in [0, 0.05) is 0 Å². The van der Waals surface area contributed by atoms with Gasteiger partial charge in [-0.05, 0) is 33.4 Å². The van der Waals surface area contributed by atoms with E-state index in [1.807, 2.05) is 14.1 Å². The molecule has 0 aromatic rings. The molecule has 0 aliphatic heterocycles. The van der Waals surface area contributed by atoms with Crippen LogP contribution in [-0.2, 0) is 14.3 Å². The molecule has 6 heteroatoms. The third-order valence-electron chi connectivity index (χ3n) is 6.29. The highest BCUT2D eigenvalue weighted by Crippen LogP contribution is 2.14. The van der Waals surface area contributed by atoms with E-state index >= 15 is 0 Å². The van der Waals surface area contributed by atoms with Crippen LogP contribution in [0.15, 0.2) is 0 Å². The zero-order valence-corrected chi connectivity index (χ0v) is 24.7. The van der Waals surface area contributed by atoms with E-state index < -0.39 is 10.1 Å². The molecule has 0 bridgehead atoms. The summed E-state index contributed by atoms with van der Waals surface area (Å²) in [5.41, 5.74) is 0. The Hall–Kier alpha value is -0.200. The van der Waals surface area contributed by atoms with Gasteiger partial charge < -0.3 is 5.32 Å². The topological polar surface area (TPSA) is 55.4 Å². The van der Waals surface area contributed by atoms with E-state index in [0.717, 1.165) is 44.9 Å². The molecule has 4 nitrogen and oxygen atoms in total. The lowest BCUT2D eigenvalue weighted by Gasteiger charge is -2.06. The first kappa shape index (κ1) is 37.0. The van der Waals surface area contributed by atoms with Gasteiger partial charge in [0.1, 0.15) is 0 Å². The third kappa shape index (κ3) is 36.0. The van der Waals surface area contributed by atoms with Crippen LogP contribution in [0.2, 0.25) is 0 Å². The quantitative estimate of drug-likeness (QED) is 0.0861. The molecule has 0 rings (SSSR count). The summed E-state index contributed by atoms with van der Waals surface area (Å²) in [6.45, 7) is 2.41. The van der Waals surface area contributed by atoms with Crippen LogP contribution in [0.25, 0.3) is 0 Å². The van der Waals surface area contributed by atoms with E-state index in [1.54, 1.807) is 0 Å². The molecular weight excluding hydrogens is 461 g/mol. The van der Waals surface area contributed by atoms with Crippen LogP contribution in [0.4, 0.5) is 4.39 Å². The Morgan fingerprint density at radius 2 is 0.857 bits per heavy atom. The second-order valence-corrected chi connectivity index (χ2v) is 11.8. The van der Waals surface area contributed by atoms with Crippen molar-refractivity contribution in [1.82, 2.24) is 5.32 Å². The molecule has 0 heterocycles. The van der Waals surface area contributed by atoms with Gasteiger partial charge in [0.15, 0.2) is 0 Å². The van der Waals surface area contributed by atoms with Gasteiger partial charge in [0.2, 0.25) is 0 Å². The van der Waals surface area contributed by atoms with Crippen molar-refractivity contribution in [3.63, 3.8) is 0 Å². The first-order chi connectivity index (χ1) is 17.0. The molecule has 0 unspecified atom stereocenters. The van der Waals surface area contributed by atoms with Crippen LogP contribution in [0, 0.1) is 0 Å². The summed E-state index contributed by atoms with van der Waals surface area (Å²) >= 11 is 0. The predicted molar refractivity (Wildman–Crippen MR) is 153 cm³/mol. The van der Waals surface area contributed by atoms with Crippen molar-refractivity contribution in [1.29, 1.82) is 0 Å². The maximum atomic E-state index is 12.0. The molecule has 0 spiro atoms. The van der Waals surface area contributed by atoms with Crippen LogP contribution in [-0.4, -0.2) is 41.5 Å². The number of hydrogen-bond donors (Lipinski definition) is 1. The Bertz CT molecular complexity index is 475. The zero-order valence-electron chi connectivity index (χ0n) is 23.9. The van der Waals surface area contributed by atoms with E-state index in [1.165, 1.54) is 89.9 Å². The second kappa shape index (κ2) is 31.8. The average Bonchev–Trinajstić information content (AvgIpc) is 2.83. The number of nitrogens with one attached hydrogen (secondary N) is 1. The second-order valence-electron chi connectivity index (χ2n) is 10.1. The Balaban J connectivity index is 0. The van der Waals surface area contributed by atoms with Gasteiger partial charge >= 0.3 is 0 Å². The lowest BCUT2D eigenvalue weighted by Crippen LogP contribution is -2.11. The molecule has 0 aromatic heterocycles. The largest absolute Gasteiger partial charge is 0.323 e. The number of hydrogen-bond acceptors (Lipinski definition) is 4. The molecule has 0 aliphatic rings. The minimum absolute atomic E-state index is 0.155. The van der Waals surface area contributed by atoms with Crippen molar-refractivity contribution < 1.29 is 17.0 Å². The molecule has 0 saturated heterocycles. The summed E-state index contributed by atoms with van der Waals surface area (Å²) in [5.74, 6) is 0.155. The van der Waals surface area contributed by atoms with Crippen molar-refractivity contribution in [2.75, 3.05) is 33.1 Å². The van der Waals surface area contributed by atoms with Crippen LogP contribution in [0.5, 0.6) is 0 Å². The first-order valence-corrected chi connectivity index (χ1v) is 16.6. The van der Waals surface area contributed by atoms with E-state index in [2.05, 4.69) is 12.2 Å². The maximum Gasteiger partial charge on any atom is 0.267 e. The fraction of sp³-hybridized carbons (Fsp3) is 1.00. The van der Waals surface area contributed by atoms with Gasteiger partial charge in [0.05, 0.1) is 19.0 Å². The molecule has 0 aromatic carbocycles. The lowest BCUT2D eigenvalue weighted by molar-refractivity contribution is 0.305. The third-order valence-corrected chi connectivity index (χ3v) is 7.60. The van der Waals surface area contributed by atoms with E-state index in [4.69, 9.17) is 4.18 Å². The first-order valence-electron chi connectivity index (χ1n) is 15.1. The fourth-order valence-electron chi connectivity index (χ4n) is 4.15. The highest BCUT2D eigenvalue weighted by molar-refractivity contribution is 7.86. The summed E-state index contributed by atoms with van der Waals surface area (Å²) in [7, 11) is 0.407. The molecule has 35 heavy (non-hydrogen) atoms. The Morgan fingerprint density at radius 3 is 1.23 bits per heavy atom. The van der Waals surface area contributed by atoms with Gasteiger partial charge in [0.25, 0.3) is 10.1 Å². The van der Waals surface area contributed by atoms with E-state index in [0.29, 0.717) is 19.4 Å². The van der Waals surface area contributed by atoms with Crippen LogP contribution in [0.3, 0.4) is 0 Å². The van der Waals surface area contributed by atoms with Gasteiger partial charge in [-0.15, -0.1) is 0 Å².